The summed E-state index contributed by atoms with van der Waals surface area (Å²) in [4.78, 5) is 5.25. The summed E-state index contributed by atoms with van der Waals surface area (Å²) in [6.07, 6.45) is 6.65. The van der Waals surface area contributed by atoms with E-state index in [0.29, 0.717) is 11.6 Å². The van der Waals surface area contributed by atoms with E-state index in [1.165, 1.54) is 51.7 Å². The largest absolute Gasteiger partial charge is 0.329 e. The molecule has 0 radical (unpaired) electrons. The molecule has 3 unspecified atom stereocenters. The molecular weight excluding hydrogens is 222 g/mol. The molecule has 18 heavy (non-hydrogen) atoms. The molecule has 2 rings (SSSR count). The van der Waals surface area contributed by atoms with E-state index in [9.17, 15) is 0 Å². The second-order valence-corrected chi connectivity index (χ2v) is 6.46. The molecule has 0 aromatic heterocycles. The van der Waals surface area contributed by atoms with Crippen LogP contribution in [0.2, 0.25) is 0 Å². The van der Waals surface area contributed by atoms with Crippen LogP contribution in [0.4, 0.5) is 0 Å². The van der Waals surface area contributed by atoms with Gasteiger partial charge in [-0.2, -0.15) is 0 Å². The lowest BCUT2D eigenvalue weighted by Crippen LogP contribution is -2.60. The Balaban J connectivity index is 2.20. The molecule has 1 saturated heterocycles. The molecule has 0 amide bonds. The Labute approximate surface area is 113 Å². The zero-order valence-corrected chi connectivity index (χ0v) is 12.5. The molecule has 1 saturated carbocycles. The summed E-state index contributed by atoms with van der Waals surface area (Å²) in [6, 6.07) is 0.646. The van der Waals surface area contributed by atoms with Gasteiger partial charge in [0, 0.05) is 31.2 Å². The highest BCUT2D eigenvalue weighted by Crippen LogP contribution is 2.43. The van der Waals surface area contributed by atoms with Crippen molar-refractivity contribution < 1.29 is 0 Å². The van der Waals surface area contributed by atoms with Crippen LogP contribution in [0.1, 0.15) is 46.0 Å². The molecule has 0 spiro atoms. The molecule has 3 nitrogen and oxygen atoms in total. The van der Waals surface area contributed by atoms with Gasteiger partial charge in [0.15, 0.2) is 0 Å². The van der Waals surface area contributed by atoms with E-state index < -0.39 is 0 Å². The third-order valence-electron chi connectivity index (χ3n) is 5.39. The van der Waals surface area contributed by atoms with E-state index in [1.807, 2.05) is 0 Å². The van der Waals surface area contributed by atoms with Crippen molar-refractivity contribution in [2.45, 2.75) is 57.5 Å². The van der Waals surface area contributed by atoms with Crippen molar-refractivity contribution in [1.29, 1.82) is 0 Å². The molecule has 0 aromatic carbocycles. The van der Waals surface area contributed by atoms with Gasteiger partial charge >= 0.3 is 0 Å². The van der Waals surface area contributed by atoms with Crippen LogP contribution in [-0.2, 0) is 0 Å². The summed E-state index contributed by atoms with van der Waals surface area (Å²) in [7, 11) is 2.25. The first-order valence-electron chi connectivity index (χ1n) is 7.79. The van der Waals surface area contributed by atoms with Crippen molar-refractivity contribution >= 4 is 0 Å². The van der Waals surface area contributed by atoms with E-state index >= 15 is 0 Å². The van der Waals surface area contributed by atoms with E-state index in [-0.39, 0.29) is 0 Å². The molecule has 0 aromatic rings. The van der Waals surface area contributed by atoms with E-state index in [4.69, 9.17) is 5.73 Å². The third kappa shape index (κ3) is 2.45. The van der Waals surface area contributed by atoms with Crippen LogP contribution in [0.25, 0.3) is 0 Å². The maximum Gasteiger partial charge on any atom is 0.0363 e. The van der Waals surface area contributed by atoms with Gasteiger partial charge in [0.1, 0.15) is 0 Å². The van der Waals surface area contributed by atoms with Gasteiger partial charge in [-0.1, -0.05) is 19.8 Å². The summed E-state index contributed by atoms with van der Waals surface area (Å²) >= 11 is 0. The van der Waals surface area contributed by atoms with Crippen molar-refractivity contribution in [3.63, 3.8) is 0 Å². The topological polar surface area (TPSA) is 32.5 Å². The quantitative estimate of drug-likeness (QED) is 0.834. The monoisotopic (exact) mass is 253 g/mol. The first-order valence-corrected chi connectivity index (χ1v) is 7.79. The fourth-order valence-corrected chi connectivity index (χ4v) is 4.51. The minimum atomic E-state index is 0.305. The number of rotatable bonds is 3. The number of nitrogens with zero attached hydrogens (tertiary/aromatic N) is 2. The van der Waals surface area contributed by atoms with Crippen molar-refractivity contribution in [1.82, 2.24) is 9.80 Å². The Bertz CT molecular complexity index is 268. The molecule has 3 atom stereocenters. The normalized spacial score (nSPS) is 40.0. The summed E-state index contributed by atoms with van der Waals surface area (Å²) in [5.74, 6) is 0.813. The zero-order chi connectivity index (χ0) is 13.2. The minimum Gasteiger partial charge on any atom is -0.329 e. The van der Waals surface area contributed by atoms with Crippen LogP contribution in [0.15, 0.2) is 0 Å². The van der Waals surface area contributed by atoms with Gasteiger partial charge in [-0.15, -0.1) is 0 Å². The van der Waals surface area contributed by atoms with Crippen LogP contribution >= 0.6 is 0 Å². The van der Waals surface area contributed by atoms with E-state index in [2.05, 4.69) is 30.7 Å². The molecule has 106 valence electrons. The van der Waals surface area contributed by atoms with Crippen LogP contribution in [0.5, 0.6) is 0 Å². The van der Waals surface area contributed by atoms with Gasteiger partial charge < -0.3 is 10.6 Å². The van der Waals surface area contributed by atoms with Crippen molar-refractivity contribution in [3.05, 3.63) is 0 Å². The fourth-order valence-electron chi connectivity index (χ4n) is 4.51. The first-order chi connectivity index (χ1) is 8.64. The van der Waals surface area contributed by atoms with Gasteiger partial charge in [-0.25, -0.2) is 0 Å². The maximum absolute atomic E-state index is 6.26. The molecule has 1 heterocycles. The first kappa shape index (κ1) is 14.3. The van der Waals surface area contributed by atoms with Crippen molar-refractivity contribution in [2.24, 2.45) is 11.7 Å². The SMILES string of the molecule is CCC1CCCC1(CN)N1CCCN(C)CC1C. The molecule has 2 fully saturated rings. The third-order valence-corrected chi connectivity index (χ3v) is 5.39. The second kappa shape index (κ2) is 5.89. The van der Waals surface area contributed by atoms with Crippen molar-refractivity contribution in [3.8, 4) is 0 Å². The highest BCUT2D eigenvalue weighted by molar-refractivity contribution is 5.03. The highest BCUT2D eigenvalue weighted by Gasteiger charge is 2.47. The van der Waals surface area contributed by atoms with E-state index in [1.54, 1.807) is 0 Å². The van der Waals surface area contributed by atoms with Gasteiger partial charge in [0.25, 0.3) is 0 Å². The summed E-state index contributed by atoms with van der Waals surface area (Å²) < 4.78 is 0. The predicted octanol–water partition coefficient (Wildman–Crippen LogP) is 1.92. The number of likely N-dealkylation sites (N-methyl/N-ethyl adjacent to an activating group) is 1. The Morgan fingerprint density at radius 3 is 2.72 bits per heavy atom. The lowest BCUT2D eigenvalue weighted by Gasteiger charge is -2.47. The van der Waals surface area contributed by atoms with Crippen LogP contribution in [-0.4, -0.2) is 54.6 Å². The van der Waals surface area contributed by atoms with Gasteiger partial charge in [0.2, 0.25) is 0 Å². The number of hydrogen-bond donors (Lipinski definition) is 1. The Morgan fingerprint density at radius 1 is 1.28 bits per heavy atom. The van der Waals surface area contributed by atoms with Crippen molar-refractivity contribution in [2.75, 3.05) is 33.2 Å². The average molecular weight is 253 g/mol. The summed E-state index contributed by atoms with van der Waals surface area (Å²) in [6.45, 7) is 9.24. The Hall–Kier alpha value is -0.120. The number of nitrogens with two attached hydrogens (primary N) is 1. The lowest BCUT2D eigenvalue weighted by atomic mass is 9.82. The second-order valence-electron chi connectivity index (χ2n) is 6.46. The predicted molar refractivity (Wildman–Crippen MR) is 77.7 cm³/mol. The molecule has 2 aliphatic rings. The zero-order valence-electron chi connectivity index (χ0n) is 12.5. The van der Waals surface area contributed by atoms with Crippen LogP contribution in [0, 0.1) is 5.92 Å². The van der Waals surface area contributed by atoms with Gasteiger partial charge in [0.05, 0.1) is 0 Å². The van der Waals surface area contributed by atoms with E-state index in [0.717, 1.165) is 12.5 Å². The number of hydrogen-bond acceptors (Lipinski definition) is 3. The smallest absolute Gasteiger partial charge is 0.0363 e. The molecule has 3 heteroatoms. The highest BCUT2D eigenvalue weighted by atomic mass is 15.3. The van der Waals surface area contributed by atoms with Crippen LogP contribution < -0.4 is 5.73 Å². The fraction of sp³-hybridized carbons (Fsp3) is 1.00. The standard InChI is InChI=1S/C15H31N3/c1-4-14-7-5-8-15(14,12-16)18-10-6-9-17(3)11-13(18)2/h13-14H,4-12,16H2,1-3H3. The molecule has 1 aliphatic carbocycles. The average Bonchev–Trinajstić information content (AvgIpc) is 2.70. The summed E-state index contributed by atoms with van der Waals surface area (Å²) in [5.41, 5.74) is 6.56. The lowest BCUT2D eigenvalue weighted by molar-refractivity contribution is 0.0247. The molecule has 2 N–H and O–H groups in total. The molecule has 1 aliphatic heterocycles. The summed E-state index contributed by atoms with van der Waals surface area (Å²) in [5, 5.41) is 0. The Kier molecular flexibility index (Phi) is 4.68. The van der Waals surface area contributed by atoms with Gasteiger partial charge in [-0.05, 0) is 45.7 Å². The molecular formula is C15H31N3. The van der Waals surface area contributed by atoms with Gasteiger partial charge in [-0.3, -0.25) is 4.90 Å². The minimum absolute atomic E-state index is 0.305. The maximum atomic E-state index is 6.26. The molecule has 0 bridgehead atoms. The van der Waals surface area contributed by atoms with Crippen LogP contribution in [0.3, 0.4) is 0 Å². The Morgan fingerprint density at radius 2 is 2.06 bits per heavy atom.